The van der Waals surface area contributed by atoms with E-state index >= 15 is 0 Å². The highest BCUT2D eigenvalue weighted by atomic mass is 16.5. The number of esters is 1. The fourth-order valence-corrected chi connectivity index (χ4v) is 3.27. The molecular weight excluding hydrogens is 408 g/mol. The first-order chi connectivity index (χ1) is 15.0. The van der Waals surface area contributed by atoms with Crippen LogP contribution in [0.2, 0.25) is 0 Å². The summed E-state index contributed by atoms with van der Waals surface area (Å²) in [4.78, 5) is 40.4. The number of furan rings is 1. The summed E-state index contributed by atoms with van der Waals surface area (Å²) in [6.07, 6.45) is 1.44. The number of rotatable bonds is 7. The monoisotopic (exact) mass is 432 g/mol. The number of ether oxygens (including phenoxy) is 4. The van der Waals surface area contributed by atoms with E-state index in [1.165, 1.54) is 33.7 Å². The number of amides is 2. The second kappa shape index (κ2) is 9.88. The summed E-state index contributed by atoms with van der Waals surface area (Å²) >= 11 is 0. The molecule has 0 unspecified atom stereocenters. The summed E-state index contributed by atoms with van der Waals surface area (Å²) in [7, 11) is 4.29. The van der Waals surface area contributed by atoms with Crippen LogP contribution < -0.4 is 14.2 Å². The van der Waals surface area contributed by atoms with Crippen LogP contribution in [-0.2, 0) is 9.53 Å². The Morgan fingerprint density at radius 1 is 0.903 bits per heavy atom. The maximum Gasteiger partial charge on any atom is 0.342 e. The highest BCUT2D eigenvalue weighted by Crippen LogP contribution is 2.39. The Morgan fingerprint density at radius 2 is 1.58 bits per heavy atom. The Balaban J connectivity index is 1.55. The van der Waals surface area contributed by atoms with Crippen molar-refractivity contribution >= 4 is 17.8 Å². The Kier molecular flexibility index (Phi) is 7.01. The number of carbonyl (C=O) groups is 3. The van der Waals surface area contributed by atoms with Gasteiger partial charge in [-0.1, -0.05) is 0 Å². The molecule has 1 fully saturated rings. The maximum atomic E-state index is 12.5. The average molecular weight is 432 g/mol. The van der Waals surface area contributed by atoms with E-state index in [4.69, 9.17) is 23.4 Å². The van der Waals surface area contributed by atoms with Gasteiger partial charge in [0.05, 0.1) is 27.6 Å². The molecule has 1 aliphatic rings. The fraction of sp³-hybridized carbons (Fsp3) is 0.381. The molecule has 1 saturated heterocycles. The van der Waals surface area contributed by atoms with Crippen molar-refractivity contribution in [2.24, 2.45) is 0 Å². The predicted octanol–water partition coefficient (Wildman–Crippen LogP) is 1.45. The molecule has 0 aliphatic carbocycles. The first kappa shape index (κ1) is 22.0. The molecule has 2 heterocycles. The van der Waals surface area contributed by atoms with Crippen LogP contribution in [0.3, 0.4) is 0 Å². The molecule has 0 spiro atoms. The fourth-order valence-electron chi connectivity index (χ4n) is 3.27. The quantitative estimate of drug-likeness (QED) is 0.605. The van der Waals surface area contributed by atoms with Gasteiger partial charge in [-0.2, -0.15) is 0 Å². The zero-order valence-corrected chi connectivity index (χ0v) is 17.6. The average Bonchev–Trinajstić information content (AvgIpc) is 3.35. The van der Waals surface area contributed by atoms with E-state index < -0.39 is 12.6 Å². The van der Waals surface area contributed by atoms with E-state index in [1.807, 2.05) is 0 Å². The lowest BCUT2D eigenvalue weighted by atomic mass is 10.1. The van der Waals surface area contributed by atoms with Crippen LogP contribution in [0.15, 0.2) is 34.9 Å². The summed E-state index contributed by atoms with van der Waals surface area (Å²) in [5.74, 6) is -0.223. The Hall–Kier alpha value is -3.69. The Morgan fingerprint density at radius 3 is 2.16 bits per heavy atom. The first-order valence-electron chi connectivity index (χ1n) is 9.56. The van der Waals surface area contributed by atoms with Gasteiger partial charge in [-0.3, -0.25) is 9.59 Å². The number of hydrogen-bond acceptors (Lipinski definition) is 8. The van der Waals surface area contributed by atoms with Crippen molar-refractivity contribution in [1.29, 1.82) is 0 Å². The standard InChI is InChI=1S/C21H24N2O8/c1-27-15-7-6-14(18(28-2)19(15)29-3)21(26)31-13-17(24)22-8-10-23(11-9-22)20(25)16-5-4-12-30-16/h4-7,12H,8-11,13H2,1-3H3. The van der Waals surface area contributed by atoms with Crippen LogP contribution in [0.5, 0.6) is 17.2 Å². The second-order valence-electron chi connectivity index (χ2n) is 6.61. The molecule has 2 aromatic rings. The van der Waals surface area contributed by atoms with Gasteiger partial charge in [0.2, 0.25) is 5.75 Å². The van der Waals surface area contributed by atoms with Gasteiger partial charge in [0.1, 0.15) is 5.56 Å². The van der Waals surface area contributed by atoms with E-state index in [0.717, 1.165) is 0 Å². The summed E-state index contributed by atoms with van der Waals surface area (Å²) < 4.78 is 26.0. The van der Waals surface area contributed by atoms with Gasteiger partial charge in [-0.05, 0) is 24.3 Å². The van der Waals surface area contributed by atoms with Crippen molar-refractivity contribution in [3.05, 3.63) is 41.9 Å². The van der Waals surface area contributed by atoms with Crippen LogP contribution >= 0.6 is 0 Å². The lowest BCUT2D eigenvalue weighted by molar-refractivity contribution is -0.136. The molecule has 1 aromatic carbocycles. The number of nitrogens with zero attached hydrogens (tertiary/aromatic N) is 2. The summed E-state index contributed by atoms with van der Waals surface area (Å²) in [6.45, 7) is 0.971. The number of piperazine rings is 1. The molecule has 10 heteroatoms. The van der Waals surface area contributed by atoms with Crippen LogP contribution in [0, 0.1) is 0 Å². The summed E-state index contributed by atoms with van der Waals surface area (Å²) in [5, 5.41) is 0. The number of benzene rings is 1. The minimum absolute atomic E-state index is 0.113. The van der Waals surface area contributed by atoms with Crippen molar-refractivity contribution in [1.82, 2.24) is 9.80 Å². The third kappa shape index (κ3) is 4.73. The van der Waals surface area contributed by atoms with Gasteiger partial charge in [-0.15, -0.1) is 0 Å². The van der Waals surface area contributed by atoms with E-state index in [1.54, 1.807) is 28.0 Å². The highest BCUT2D eigenvalue weighted by molar-refractivity contribution is 5.95. The van der Waals surface area contributed by atoms with Gasteiger partial charge >= 0.3 is 5.97 Å². The lowest BCUT2D eigenvalue weighted by Crippen LogP contribution is -2.51. The third-order valence-electron chi connectivity index (χ3n) is 4.90. The van der Waals surface area contributed by atoms with Crippen LogP contribution in [-0.4, -0.2) is 81.7 Å². The van der Waals surface area contributed by atoms with Crippen LogP contribution in [0.1, 0.15) is 20.9 Å². The summed E-state index contributed by atoms with van der Waals surface area (Å²) in [5.41, 5.74) is 0.113. The van der Waals surface area contributed by atoms with Crippen LogP contribution in [0.25, 0.3) is 0 Å². The third-order valence-corrected chi connectivity index (χ3v) is 4.90. The molecular formula is C21H24N2O8. The molecule has 0 atom stereocenters. The van der Waals surface area contributed by atoms with Gasteiger partial charge in [0.25, 0.3) is 11.8 Å². The molecule has 0 bridgehead atoms. The molecule has 166 valence electrons. The predicted molar refractivity (Wildman–Crippen MR) is 108 cm³/mol. The highest BCUT2D eigenvalue weighted by Gasteiger charge is 2.27. The molecule has 1 aromatic heterocycles. The minimum Gasteiger partial charge on any atom is -0.493 e. The Bertz CT molecular complexity index is 933. The van der Waals surface area contributed by atoms with Gasteiger partial charge in [-0.25, -0.2) is 4.79 Å². The van der Waals surface area contributed by atoms with Gasteiger partial charge < -0.3 is 33.2 Å². The molecule has 2 amide bonds. The largest absolute Gasteiger partial charge is 0.493 e. The van der Waals surface area contributed by atoms with Crippen molar-refractivity contribution < 1.29 is 37.7 Å². The van der Waals surface area contributed by atoms with E-state index in [2.05, 4.69) is 0 Å². The van der Waals surface area contributed by atoms with Crippen molar-refractivity contribution in [2.75, 3.05) is 54.1 Å². The molecule has 10 nitrogen and oxygen atoms in total. The van der Waals surface area contributed by atoms with Crippen LogP contribution in [0.4, 0.5) is 0 Å². The number of carbonyl (C=O) groups excluding carboxylic acids is 3. The first-order valence-corrected chi connectivity index (χ1v) is 9.56. The topological polar surface area (TPSA) is 108 Å². The number of hydrogen-bond donors (Lipinski definition) is 0. The molecule has 3 rings (SSSR count). The van der Waals surface area contributed by atoms with Crippen molar-refractivity contribution in [3.63, 3.8) is 0 Å². The summed E-state index contributed by atoms with van der Waals surface area (Å²) in [6, 6.07) is 6.28. The smallest absolute Gasteiger partial charge is 0.342 e. The van der Waals surface area contributed by atoms with E-state index in [9.17, 15) is 14.4 Å². The Labute approximate surface area is 179 Å². The maximum absolute atomic E-state index is 12.5. The zero-order valence-electron chi connectivity index (χ0n) is 17.6. The molecule has 0 radical (unpaired) electrons. The van der Waals surface area contributed by atoms with Gasteiger partial charge in [0.15, 0.2) is 23.9 Å². The normalized spacial score (nSPS) is 13.5. The lowest BCUT2D eigenvalue weighted by Gasteiger charge is -2.34. The second-order valence-corrected chi connectivity index (χ2v) is 6.61. The van der Waals surface area contributed by atoms with Gasteiger partial charge in [0, 0.05) is 26.2 Å². The van der Waals surface area contributed by atoms with E-state index in [-0.39, 0.29) is 34.6 Å². The zero-order chi connectivity index (χ0) is 22.4. The van der Waals surface area contributed by atoms with E-state index in [0.29, 0.717) is 31.9 Å². The SMILES string of the molecule is COc1ccc(C(=O)OCC(=O)N2CCN(C(=O)c3ccco3)CC2)c(OC)c1OC. The molecule has 1 aliphatic heterocycles. The minimum atomic E-state index is -0.724. The molecule has 31 heavy (non-hydrogen) atoms. The van der Waals surface area contributed by atoms with Crippen molar-refractivity contribution in [3.8, 4) is 17.2 Å². The molecule has 0 N–H and O–H groups in total. The van der Waals surface area contributed by atoms with Crippen molar-refractivity contribution in [2.45, 2.75) is 0 Å². The number of methoxy groups -OCH3 is 3. The molecule has 0 saturated carbocycles.